The number of hydrogen-bond donors (Lipinski definition) is 2. The molecule has 1 unspecified atom stereocenters. The largest absolute Gasteiger partial charge is 0.313 e. The third kappa shape index (κ3) is 3.79. The fourth-order valence-electron chi connectivity index (χ4n) is 1.95. The molecule has 1 aliphatic rings. The van der Waals surface area contributed by atoms with E-state index in [0.717, 1.165) is 19.4 Å². The van der Waals surface area contributed by atoms with E-state index in [-0.39, 0.29) is 17.6 Å². The zero-order chi connectivity index (χ0) is 13.2. The van der Waals surface area contributed by atoms with Crippen LogP contribution in [-0.4, -0.2) is 26.8 Å². The van der Waals surface area contributed by atoms with Gasteiger partial charge in [-0.3, -0.25) is 4.72 Å². The summed E-state index contributed by atoms with van der Waals surface area (Å²) in [5.41, 5.74) is 0.426. The van der Waals surface area contributed by atoms with Crippen LogP contribution in [0.1, 0.15) is 12.8 Å². The Kier molecular flexibility index (Phi) is 4.44. The number of benzene rings is 1. The summed E-state index contributed by atoms with van der Waals surface area (Å²) in [7, 11) is -3.39. The Morgan fingerprint density at radius 3 is 2.89 bits per heavy atom. The van der Waals surface area contributed by atoms with E-state index in [2.05, 4.69) is 10.0 Å². The maximum atomic E-state index is 12.9. The van der Waals surface area contributed by atoms with Crippen LogP contribution in [0, 0.1) is 9.39 Å². The summed E-state index contributed by atoms with van der Waals surface area (Å²) < 4.78 is 39.9. The van der Waals surface area contributed by atoms with E-state index < -0.39 is 10.0 Å². The van der Waals surface area contributed by atoms with Crippen molar-refractivity contribution in [3.8, 4) is 0 Å². The molecular weight excluding hydrogens is 370 g/mol. The van der Waals surface area contributed by atoms with Gasteiger partial charge in [-0.25, -0.2) is 12.8 Å². The number of nitrogens with one attached hydrogen (secondary N) is 2. The highest BCUT2D eigenvalue weighted by molar-refractivity contribution is 14.1. The molecule has 0 radical (unpaired) electrons. The van der Waals surface area contributed by atoms with Crippen molar-refractivity contribution in [1.29, 1.82) is 0 Å². The minimum Gasteiger partial charge on any atom is -0.313 e. The molecule has 2 N–H and O–H groups in total. The number of sulfonamides is 1. The standard InChI is InChI=1S/C11H14FIN2O2S/c12-8-3-4-11(10(13)6-8)15-18(16,17)7-9-2-1-5-14-9/h3-4,6,9,14-15H,1-2,5,7H2. The third-order valence-corrected chi connectivity index (χ3v) is 5.04. The first-order valence-corrected chi connectivity index (χ1v) is 8.38. The molecule has 1 atom stereocenters. The van der Waals surface area contributed by atoms with Crippen LogP contribution in [0.4, 0.5) is 10.1 Å². The number of rotatable bonds is 4. The van der Waals surface area contributed by atoms with Crippen LogP contribution < -0.4 is 10.0 Å². The molecule has 1 aliphatic heterocycles. The average Bonchev–Trinajstić information content (AvgIpc) is 2.74. The van der Waals surface area contributed by atoms with Gasteiger partial charge < -0.3 is 5.32 Å². The maximum absolute atomic E-state index is 12.9. The first-order chi connectivity index (χ1) is 8.46. The molecule has 1 aromatic rings. The van der Waals surface area contributed by atoms with E-state index in [4.69, 9.17) is 0 Å². The lowest BCUT2D eigenvalue weighted by Crippen LogP contribution is -2.32. The molecule has 7 heteroatoms. The summed E-state index contributed by atoms with van der Waals surface area (Å²) in [5.74, 6) is -0.319. The molecule has 1 fully saturated rings. The molecule has 0 saturated carbocycles. The van der Waals surface area contributed by atoms with Gasteiger partial charge in [0.25, 0.3) is 0 Å². The summed E-state index contributed by atoms with van der Waals surface area (Å²) in [5, 5.41) is 3.14. The fraction of sp³-hybridized carbons (Fsp3) is 0.455. The lowest BCUT2D eigenvalue weighted by atomic mass is 10.3. The van der Waals surface area contributed by atoms with Crippen LogP contribution in [0.2, 0.25) is 0 Å². The quantitative estimate of drug-likeness (QED) is 0.781. The molecule has 0 amide bonds. The van der Waals surface area contributed by atoms with Crippen LogP contribution in [0.3, 0.4) is 0 Å². The highest BCUT2D eigenvalue weighted by atomic mass is 127. The number of hydrogen-bond acceptors (Lipinski definition) is 3. The molecule has 0 aliphatic carbocycles. The Morgan fingerprint density at radius 1 is 1.50 bits per heavy atom. The van der Waals surface area contributed by atoms with Crippen molar-refractivity contribution in [2.24, 2.45) is 0 Å². The van der Waals surface area contributed by atoms with Crippen molar-refractivity contribution in [2.75, 3.05) is 17.0 Å². The minimum absolute atomic E-state index is 0.0145. The summed E-state index contributed by atoms with van der Waals surface area (Å²) in [6.45, 7) is 0.869. The molecule has 1 heterocycles. The van der Waals surface area contributed by atoms with Crippen molar-refractivity contribution >= 4 is 38.3 Å². The van der Waals surface area contributed by atoms with Gasteiger partial charge in [-0.05, 0) is 60.2 Å². The summed E-state index contributed by atoms with van der Waals surface area (Å²) in [6.07, 6.45) is 1.88. The van der Waals surface area contributed by atoms with Gasteiger partial charge in [0.15, 0.2) is 0 Å². The van der Waals surface area contributed by atoms with Gasteiger partial charge in [0.05, 0.1) is 11.4 Å². The Labute approximate surface area is 120 Å². The second kappa shape index (κ2) is 5.70. The Balaban J connectivity index is 2.07. The summed E-state index contributed by atoms with van der Waals surface area (Å²) >= 11 is 1.91. The molecule has 100 valence electrons. The molecule has 2 rings (SSSR count). The molecule has 18 heavy (non-hydrogen) atoms. The van der Waals surface area contributed by atoms with Gasteiger partial charge >= 0.3 is 0 Å². The molecule has 0 bridgehead atoms. The molecule has 1 aromatic carbocycles. The van der Waals surface area contributed by atoms with Gasteiger partial charge in [-0.15, -0.1) is 0 Å². The van der Waals surface area contributed by atoms with Crippen LogP contribution in [0.25, 0.3) is 0 Å². The van der Waals surface area contributed by atoms with E-state index in [1.54, 1.807) is 0 Å². The number of anilines is 1. The normalized spacial score (nSPS) is 20.0. The van der Waals surface area contributed by atoms with Gasteiger partial charge in [0.2, 0.25) is 10.0 Å². The third-order valence-electron chi connectivity index (χ3n) is 2.78. The second-order valence-electron chi connectivity index (χ2n) is 4.30. The van der Waals surface area contributed by atoms with Crippen molar-refractivity contribution in [3.63, 3.8) is 0 Å². The average molecular weight is 384 g/mol. The van der Waals surface area contributed by atoms with Crippen molar-refractivity contribution in [3.05, 3.63) is 27.6 Å². The first-order valence-electron chi connectivity index (χ1n) is 5.65. The minimum atomic E-state index is -3.39. The molecule has 0 spiro atoms. The summed E-state index contributed by atoms with van der Waals surface area (Å²) in [6, 6.07) is 4.00. The fourth-order valence-corrected chi connectivity index (χ4v) is 4.15. The molecule has 0 aromatic heterocycles. The van der Waals surface area contributed by atoms with Crippen LogP contribution in [0.15, 0.2) is 18.2 Å². The van der Waals surface area contributed by atoms with Crippen LogP contribution >= 0.6 is 22.6 Å². The molecule has 4 nitrogen and oxygen atoms in total. The Bertz CT molecular complexity index is 530. The van der Waals surface area contributed by atoms with Gasteiger partial charge in [-0.1, -0.05) is 0 Å². The highest BCUT2D eigenvalue weighted by Crippen LogP contribution is 2.21. The van der Waals surface area contributed by atoms with E-state index >= 15 is 0 Å². The van der Waals surface area contributed by atoms with Crippen LogP contribution in [0.5, 0.6) is 0 Å². The predicted molar refractivity (Wildman–Crippen MR) is 77.6 cm³/mol. The zero-order valence-corrected chi connectivity index (χ0v) is 12.6. The molecular formula is C11H14FIN2O2S. The predicted octanol–water partition coefficient (Wildman–Crippen LogP) is 1.92. The Hall–Kier alpha value is -0.410. The first kappa shape index (κ1) is 14.0. The Morgan fingerprint density at radius 2 is 2.28 bits per heavy atom. The second-order valence-corrected chi connectivity index (χ2v) is 7.23. The van der Waals surface area contributed by atoms with Crippen molar-refractivity contribution in [2.45, 2.75) is 18.9 Å². The smallest absolute Gasteiger partial charge is 0.234 e. The summed E-state index contributed by atoms with van der Waals surface area (Å²) in [4.78, 5) is 0. The van der Waals surface area contributed by atoms with Gasteiger partial charge in [0.1, 0.15) is 5.82 Å². The molecule has 1 saturated heterocycles. The number of halogens is 2. The van der Waals surface area contributed by atoms with E-state index in [0.29, 0.717) is 9.26 Å². The lowest BCUT2D eigenvalue weighted by Gasteiger charge is -2.13. The van der Waals surface area contributed by atoms with E-state index in [1.807, 2.05) is 22.6 Å². The van der Waals surface area contributed by atoms with Gasteiger partial charge in [-0.2, -0.15) is 0 Å². The zero-order valence-electron chi connectivity index (χ0n) is 9.62. The SMILES string of the molecule is O=S(=O)(CC1CCCN1)Nc1ccc(F)cc1I. The van der Waals surface area contributed by atoms with Gasteiger partial charge in [0, 0.05) is 9.61 Å². The highest BCUT2D eigenvalue weighted by Gasteiger charge is 2.22. The maximum Gasteiger partial charge on any atom is 0.234 e. The van der Waals surface area contributed by atoms with E-state index in [9.17, 15) is 12.8 Å². The monoisotopic (exact) mass is 384 g/mol. The topological polar surface area (TPSA) is 58.2 Å². The van der Waals surface area contributed by atoms with E-state index in [1.165, 1.54) is 18.2 Å². The van der Waals surface area contributed by atoms with Crippen LogP contribution in [-0.2, 0) is 10.0 Å². The van der Waals surface area contributed by atoms with Crippen molar-refractivity contribution < 1.29 is 12.8 Å². The lowest BCUT2D eigenvalue weighted by molar-refractivity contribution is 0.581. The van der Waals surface area contributed by atoms with Crippen molar-refractivity contribution in [1.82, 2.24) is 5.32 Å².